The number of methoxy groups -OCH3 is 1. The maximum atomic E-state index is 12.4. The van der Waals surface area contributed by atoms with Gasteiger partial charge in [0, 0.05) is 25.0 Å². The van der Waals surface area contributed by atoms with E-state index in [-0.39, 0.29) is 42.9 Å². The number of carbonyl (C=O) groups excluding carboxylic acids is 1. The lowest BCUT2D eigenvalue weighted by molar-refractivity contribution is -0.138. The zero-order chi connectivity index (χ0) is 21.6. The maximum absolute atomic E-state index is 12.4. The van der Waals surface area contributed by atoms with E-state index >= 15 is 0 Å². The van der Waals surface area contributed by atoms with Crippen LogP contribution >= 0.6 is 0 Å². The summed E-state index contributed by atoms with van der Waals surface area (Å²) in [6.07, 6.45) is 0.299. The van der Waals surface area contributed by atoms with E-state index in [0.29, 0.717) is 11.3 Å². The van der Waals surface area contributed by atoms with Crippen molar-refractivity contribution in [1.82, 2.24) is 0 Å². The molecule has 0 spiro atoms. The highest BCUT2D eigenvalue weighted by molar-refractivity contribution is 6.01. The summed E-state index contributed by atoms with van der Waals surface area (Å²) in [6.45, 7) is -0.0411. The summed E-state index contributed by atoms with van der Waals surface area (Å²) in [6, 6.07) is 5.99. The van der Waals surface area contributed by atoms with Crippen molar-refractivity contribution < 1.29 is 39.5 Å². The number of Topliss-reactive ketones (excluding diaryl/α,β-unsaturated/α-hetero) is 1. The van der Waals surface area contributed by atoms with Crippen LogP contribution in [0.4, 0.5) is 0 Å². The van der Waals surface area contributed by atoms with E-state index in [2.05, 4.69) is 0 Å². The Hall–Kier alpha value is -3.46. The third-order valence-corrected chi connectivity index (χ3v) is 4.25. The Kier molecular flexibility index (Phi) is 7.27. The van der Waals surface area contributed by atoms with Crippen molar-refractivity contribution in [2.75, 3.05) is 13.7 Å². The van der Waals surface area contributed by atoms with Crippen LogP contribution in [0.25, 0.3) is 0 Å². The summed E-state index contributed by atoms with van der Waals surface area (Å²) in [5.74, 6) is -2.22. The molecule has 0 heterocycles. The SMILES string of the molecule is COc1ccc(CCC(=O)c2c(O)cc(OCC[C@H](N)C(=O)O)cc2O)cc1O. The predicted octanol–water partition coefficient (Wildman–Crippen LogP) is 1.81. The highest BCUT2D eigenvalue weighted by atomic mass is 16.5. The molecule has 0 radical (unpaired) electrons. The highest BCUT2D eigenvalue weighted by Gasteiger charge is 2.19. The molecule has 1 atom stereocenters. The van der Waals surface area contributed by atoms with E-state index in [1.165, 1.54) is 25.3 Å². The van der Waals surface area contributed by atoms with Gasteiger partial charge >= 0.3 is 5.97 Å². The van der Waals surface area contributed by atoms with Crippen molar-refractivity contribution in [1.29, 1.82) is 0 Å². The molecule has 0 unspecified atom stereocenters. The quantitative estimate of drug-likeness (QED) is 0.371. The number of ketones is 1. The lowest BCUT2D eigenvalue weighted by Gasteiger charge is -2.12. The lowest BCUT2D eigenvalue weighted by Crippen LogP contribution is -2.31. The van der Waals surface area contributed by atoms with Gasteiger partial charge in [-0.25, -0.2) is 0 Å². The normalized spacial score (nSPS) is 11.7. The van der Waals surface area contributed by atoms with Gasteiger partial charge in [-0.15, -0.1) is 0 Å². The van der Waals surface area contributed by atoms with Gasteiger partial charge < -0.3 is 35.6 Å². The molecule has 0 aromatic heterocycles. The van der Waals surface area contributed by atoms with Crippen molar-refractivity contribution >= 4 is 11.8 Å². The first-order chi connectivity index (χ1) is 13.7. The molecule has 0 amide bonds. The third-order valence-electron chi connectivity index (χ3n) is 4.25. The van der Waals surface area contributed by atoms with Crippen LogP contribution in [0, 0.1) is 0 Å². The smallest absolute Gasteiger partial charge is 0.320 e. The van der Waals surface area contributed by atoms with Crippen LogP contribution in [0.1, 0.15) is 28.8 Å². The molecule has 2 aromatic carbocycles. The van der Waals surface area contributed by atoms with Gasteiger partial charge in [-0.1, -0.05) is 6.07 Å². The topological polar surface area (TPSA) is 160 Å². The molecule has 2 aromatic rings. The molecule has 0 aliphatic carbocycles. The fourth-order valence-corrected chi connectivity index (χ4v) is 2.66. The number of carbonyl (C=O) groups is 2. The molecule has 0 fully saturated rings. The Morgan fingerprint density at radius 2 is 1.72 bits per heavy atom. The number of aromatic hydroxyl groups is 3. The first-order valence-corrected chi connectivity index (χ1v) is 8.79. The molecule has 0 bridgehead atoms. The van der Waals surface area contributed by atoms with Crippen LogP contribution in [-0.4, -0.2) is 51.9 Å². The zero-order valence-corrected chi connectivity index (χ0v) is 15.8. The molecule has 0 aliphatic heterocycles. The molecule has 0 saturated heterocycles. The number of phenolic OH excluding ortho intramolecular Hbond substituents is 3. The average Bonchev–Trinajstić information content (AvgIpc) is 2.65. The first kappa shape index (κ1) is 21.8. The summed E-state index contributed by atoms with van der Waals surface area (Å²) in [4.78, 5) is 23.1. The van der Waals surface area contributed by atoms with E-state index < -0.39 is 29.3 Å². The van der Waals surface area contributed by atoms with Gasteiger partial charge in [0.1, 0.15) is 28.9 Å². The Morgan fingerprint density at radius 1 is 1.07 bits per heavy atom. The van der Waals surface area contributed by atoms with E-state index in [1.54, 1.807) is 12.1 Å². The van der Waals surface area contributed by atoms with Crippen LogP contribution in [0.3, 0.4) is 0 Å². The number of aryl methyl sites for hydroxylation is 1. The zero-order valence-electron chi connectivity index (χ0n) is 15.8. The minimum atomic E-state index is -1.16. The van der Waals surface area contributed by atoms with Crippen molar-refractivity contribution in [3.8, 4) is 28.7 Å². The fraction of sp³-hybridized carbons (Fsp3) is 0.300. The third kappa shape index (κ3) is 5.76. The molecular formula is C20H23NO8. The average molecular weight is 405 g/mol. The fourth-order valence-electron chi connectivity index (χ4n) is 2.66. The van der Waals surface area contributed by atoms with E-state index in [9.17, 15) is 24.9 Å². The van der Waals surface area contributed by atoms with E-state index in [4.69, 9.17) is 20.3 Å². The van der Waals surface area contributed by atoms with Crippen LogP contribution in [0.15, 0.2) is 30.3 Å². The molecule has 156 valence electrons. The predicted molar refractivity (Wildman–Crippen MR) is 103 cm³/mol. The Balaban J connectivity index is 2.01. The van der Waals surface area contributed by atoms with Crippen LogP contribution in [-0.2, 0) is 11.2 Å². The summed E-state index contributed by atoms with van der Waals surface area (Å²) >= 11 is 0. The number of phenols is 3. The van der Waals surface area contributed by atoms with Crippen molar-refractivity contribution in [2.45, 2.75) is 25.3 Å². The van der Waals surface area contributed by atoms with E-state index in [0.717, 1.165) is 0 Å². The van der Waals surface area contributed by atoms with Gasteiger partial charge in [0.05, 0.1) is 13.7 Å². The number of benzene rings is 2. The number of rotatable bonds is 10. The second kappa shape index (κ2) is 9.65. The standard InChI is InChI=1S/C20H23NO8/c1-28-18-5-3-11(8-15(18)23)2-4-14(22)19-16(24)9-12(10-17(19)25)29-7-6-13(21)20(26)27/h3,5,8-10,13,23-25H,2,4,6-7,21H2,1H3,(H,26,27)/t13-/m0/s1. The molecule has 0 saturated carbocycles. The van der Waals surface area contributed by atoms with Gasteiger partial charge in [0.15, 0.2) is 17.3 Å². The van der Waals surface area contributed by atoms with Gasteiger partial charge in [-0.05, 0) is 24.1 Å². The Morgan fingerprint density at radius 3 is 2.28 bits per heavy atom. The van der Waals surface area contributed by atoms with Crippen molar-refractivity contribution in [3.63, 3.8) is 0 Å². The monoisotopic (exact) mass is 405 g/mol. The summed E-state index contributed by atoms with van der Waals surface area (Å²) in [5.41, 5.74) is 5.81. The van der Waals surface area contributed by atoms with Crippen LogP contribution < -0.4 is 15.2 Å². The minimum Gasteiger partial charge on any atom is -0.507 e. The van der Waals surface area contributed by atoms with Crippen LogP contribution in [0.5, 0.6) is 28.7 Å². The highest BCUT2D eigenvalue weighted by Crippen LogP contribution is 2.34. The number of hydrogen-bond acceptors (Lipinski definition) is 8. The molecule has 29 heavy (non-hydrogen) atoms. The number of carboxylic acids is 1. The van der Waals surface area contributed by atoms with Gasteiger partial charge in [-0.2, -0.15) is 0 Å². The van der Waals surface area contributed by atoms with Crippen molar-refractivity contribution in [2.24, 2.45) is 5.73 Å². The van der Waals surface area contributed by atoms with Crippen LogP contribution in [0.2, 0.25) is 0 Å². The first-order valence-electron chi connectivity index (χ1n) is 8.79. The Bertz CT molecular complexity index is 873. The summed E-state index contributed by atoms with van der Waals surface area (Å²) in [7, 11) is 1.43. The largest absolute Gasteiger partial charge is 0.507 e. The molecule has 9 nitrogen and oxygen atoms in total. The number of carboxylic acid groups (broad SMARTS) is 1. The van der Waals surface area contributed by atoms with Gasteiger partial charge in [0.25, 0.3) is 0 Å². The van der Waals surface area contributed by atoms with Crippen molar-refractivity contribution in [3.05, 3.63) is 41.5 Å². The summed E-state index contributed by atoms with van der Waals surface area (Å²) in [5, 5.41) is 38.7. The van der Waals surface area contributed by atoms with Gasteiger partial charge in [-0.3, -0.25) is 9.59 Å². The number of nitrogens with two attached hydrogens (primary N) is 1. The summed E-state index contributed by atoms with van der Waals surface area (Å²) < 4.78 is 10.2. The second-order valence-electron chi connectivity index (χ2n) is 6.35. The Labute approximate surface area is 166 Å². The molecular weight excluding hydrogens is 382 g/mol. The number of ether oxygens (including phenoxy) is 2. The second-order valence-corrected chi connectivity index (χ2v) is 6.35. The molecule has 9 heteroatoms. The molecule has 0 aliphatic rings. The maximum Gasteiger partial charge on any atom is 0.320 e. The molecule has 6 N–H and O–H groups in total. The molecule has 2 rings (SSSR count). The number of aliphatic carboxylic acids is 1. The van der Waals surface area contributed by atoms with Gasteiger partial charge in [0.2, 0.25) is 0 Å². The van der Waals surface area contributed by atoms with E-state index in [1.807, 2.05) is 0 Å². The minimum absolute atomic E-state index is 0.0133. The lowest BCUT2D eigenvalue weighted by atomic mass is 10.0. The number of hydrogen-bond donors (Lipinski definition) is 5.